The molecule has 0 radical (unpaired) electrons. The van der Waals surface area contributed by atoms with Gasteiger partial charge in [0.25, 0.3) is 0 Å². The molecule has 0 unspecified atom stereocenters. The van der Waals surface area contributed by atoms with Crippen molar-refractivity contribution in [3.05, 3.63) is 23.9 Å². The van der Waals surface area contributed by atoms with Crippen LogP contribution in [0, 0.1) is 5.92 Å². The Labute approximate surface area is 110 Å². The molecule has 0 aromatic carbocycles. The van der Waals surface area contributed by atoms with Gasteiger partial charge in [-0.1, -0.05) is 6.92 Å². The maximum Gasteiger partial charge on any atom is 0.128 e. The highest BCUT2D eigenvalue weighted by molar-refractivity contribution is 5.41. The van der Waals surface area contributed by atoms with Crippen LogP contribution in [0.3, 0.4) is 0 Å². The first kappa shape index (κ1) is 13.3. The summed E-state index contributed by atoms with van der Waals surface area (Å²) in [7, 11) is 2.12. The van der Waals surface area contributed by atoms with Gasteiger partial charge in [-0.2, -0.15) is 0 Å². The van der Waals surface area contributed by atoms with Crippen molar-refractivity contribution in [3.8, 4) is 0 Å². The SMILES string of the molecule is CC1CCC(N(C)c2cc([C@H](C)O)ccn2)CC1. The second-order valence-electron chi connectivity index (χ2n) is 5.65. The molecule has 1 fully saturated rings. The lowest BCUT2D eigenvalue weighted by Gasteiger charge is -2.34. The second kappa shape index (κ2) is 5.70. The van der Waals surface area contributed by atoms with Crippen LogP contribution in [0.4, 0.5) is 5.82 Å². The van der Waals surface area contributed by atoms with E-state index in [0.29, 0.717) is 6.04 Å². The predicted molar refractivity (Wildman–Crippen MR) is 74.7 cm³/mol. The zero-order chi connectivity index (χ0) is 13.1. The molecule has 100 valence electrons. The van der Waals surface area contributed by atoms with E-state index in [1.54, 1.807) is 13.1 Å². The lowest BCUT2D eigenvalue weighted by atomic mass is 9.87. The third kappa shape index (κ3) is 3.02. The van der Waals surface area contributed by atoms with E-state index in [2.05, 4.69) is 23.9 Å². The van der Waals surface area contributed by atoms with Crippen LogP contribution in [0.15, 0.2) is 18.3 Å². The van der Waals surface area contributed by atoms with Crippen molar-refractivity contribution in [2.75, 3.05) is 11.9 Å². The average molecular weight is 248 g/mol. The maximum absolute atomic E-state index is 9.63. The summed E-state index contributed by atoms with van der Waals surface area (Å²) in [5, 5.41) is 9.63. The molecule has 18 heavy (non-hydrogen) atoms. The average Bonchev–Trinajstić information content (AvgIpc) is 2.39. The Morgan fingerprint density at radius 3 is 2.61 bits per heavy atom. The first-order valence-corrected chi connectivity index (χ1v) is 6.94. The van der Waals surface area contributed by atoms with Gasteiger partial charge in [-0.3, -0.25) is 0 Å². The Morgan fingerprint density at radius 1 is 1.33 bits per heavy atom. The Bertz CT molecular complexity index is 384. The molecule has 2 rings (SSSR count). The molecule has 1 N–H and O–H groups in total. The molecular weight excluding hydrogens is 224 g/mol. The van der Waals surface area contributed by atoms with Crippen LogP contribution >= 0.6 is 0 Å². The summed E-state index contributed by atoms with van der Waals surface area (Å²) in [6, 6.07) is 4.48. The van der Waals surface area contributed by atoms with Crippen LogP contribution in [0.2, 0.25) is 0 Å². The Hall–Kier alpha value is -1.09. The minimum Gasteiger partial charge on any atom is -0.389 e. The monoisotopic (exact) mass is 248 g/mol. The summed E-state index contributed by atoms with van der Waals surface area (Å²) < 4.78 is 0. The van der Waals surface area contributed by atoms with E-state index in [9.17, 15) is 5.11 Å². The van der Waals surface area contributed by atoms with Crippen molar-refractivity contribution in [1.82, 2.24) is 4.98 Å². The second-order valence-corrected chi connectivity index (χ2v) is 5.65. The molecule has 0 bridgehead atoms. The van der Waals surface area contributed by atoms with Crippen molar-refractivity contribution in [3.63, 3.8) is 0 Å². The van der Waals surface area contributed by atoms with Crippen LogP contribution in [0.5, 0.6) is 0 Å². The molecule has 1 saturated carbocycles. The van der Waals surface area contributed by atoms with Gasteiger partial charge in [0, 0.05) is 19.3 Å². The van der Waals surface area contributed by atoms with Gasteiger partial charge in [0.2, 0.25) is 0 Å². The molecule has 3 heteroatoms. The predicted octanol–water partition coefficient (Wildman–Crippen LogP) is 3.15. The highest BCUT2D eigenvalue weighted by Gasteiger charge is 2.22. The molecule has 0 spiro atoms. The van der Waals surface area contributed by atoms with Gasteiger partial charge in [0.15, 0.2) is 0 Å². The summed E-state index contributed by atoms with van der Waals surface area (Å²) in [6.07, 6.45) is 6.48. The summed E-state index contributed by atoms with van der Waals surface area (Å²) in [4.78, 5) is 6.71. The summed E-state index contributed by atoms with van der Waals surface area (Å²) in [5.74, 6) is 1.85. The summed E-state index contributed by atoms with van der Waals surface area (Å²) >= 11 is 0. The molecule has 1 aliphatic rings. The maximum atomic E-state index is 9.63. The standard InChI is InChI=1S/C15H24N2O/c1-11-4-6-14(7-5-11)17(3)15-10-13(12(2)18)8-9-16-15/h8-12,14,18H,4-7H2,1-3H3/t11?,12-,14?/m0/s1. The molecule has 1 atom stereocenters. The number of hydrogen-bond acceptors (Lipinski definition) is 3. The van der Waals surface area contributed by atoms with E-state index in [4.69, 9.17) is 0 Å². The number of aliphatic hydroxyl groups excluding tert-OH is 1. The van der Waals surface area contributed by atoms with Crippen LogP contribution in [-0.2, 0) is 0 Å². The fourth-order valence-electron chi connectivity index (χ4n) is 2.70. The number of hydrogen-bond donors (Lipinski definition) is 1. The molecule has 1 aliphatic carbocycles. The van der Waals surface area contributed by atoms with E-state index < -0.39 is 6.10 Å². The molecule has 1 aromatic rings. The van der Waals surface area contributed by atoms with Crippen molar-refractivity contribution in [1.29, 1.82) is 0 Å². The zero-order valence-corrected chi connectivity index (χ0v) is 11.6. The number of anilines is 1. The van der Waals surface area contributed by atoms with Crippen molar-refractivity contribution >= 4 is 5.82 Å². The zero-order valence-electron chi connectivity index (χ0n) is 11.6. The van der Waals surface area contributed by atoms with Crippen molar-refractivity contribution in [2.24, 2.45) is 5.92 Å². The van der Waals surface area contributed by atoms with Gasteiger partial charge in [-0.05, 0) is 56.2 Å². The third-order valence-electron chi connectivity index (χ3n) is 4.15. The normalized spacial score (nSPS) is 25.8. The van der Waals surface area contributed by atoms with Gasteiger partial charge < -0.3 is 10.0 Å². The topological polar surface area (TPSA) is 36.4 Å². The number of aromatic nitrogens is 1. The molecular formula is C15H24N2O. The van der Waals surface area contributed by atoms with Crippen molar-refractivity contribution < 1.29 is 5.11 Å². The van der Waals surface area contributed by atoms with Crippen LogP contribution < -0.4 is 4.90 Å². The van der Waals surface area contributed by atoms with Gasteiger partial charge in [-0.15, -0.1) is 0 Å². The minimum absolute atomic E-state index is 0.425. The van der Waals surface area contributed by atoms with E-state index in [-0.39, 0.29) is 0 Å². The quantitative estimate of drug-likeness (QED) is 0.892. The number of nitrogens with zero attached hydrogens (tertiary/aromatic N) is 2. The smallest absolute Gasteiger partial charge is 0.128 e. The molecule has 1 aromatic heterocycles. The lowest BCUT2D eigenvalue weighted by Crippen LogP contribution is -2.35. The third-order valence-corrected chi connectivity index (χ3v) is 4.15. The van der Waals surface area contributed by atoms with Crippen molar-refractivity contribution in [2.45, 2.75) is 51.7 Å². The Morgan fingerprint density at radius 2 is 2.00 bits per heavy atom. The lowest BCUT2D eigenvalue weighted by molar-refractivity contribution is 0.199. The molecule has 0 aliphatic heterocycles. The van der Waals surface area contributed by atoms with Gasteiger partial charge in [0.1, 0.15) is 5.82 Å². The van der Waals surface area contributed by atoms with Crippen LogP contribution in [0.25, 0.3) is 0 Å². The summed E-state index contributed by atoms with van der Waals surface area (Å²) in [5.41, 5.74) is 0.941. The fraction of sp³-hybridized carbons (Fsp3) is 0.667. The van der Waals surface area contributed by atoms with Gasteiger partial charge in [-0.25, -0.2) is 4.98 Å². The first-order chi connectivity index (χ1) is 8.58. The largest absolute Gasteiger partial charge is 0.389 e. The molecule has 0 amide bonds. The number of aliphatic hydroxyl groups is 1. The molecule has 0 saturated heterocycles. The summed E-state index contributed by atoms with van der Waals surface area (Å²) in [6.45, 7) is 4.13. The Balaban J connectivity index is 2.08. The highest BCUT2D eigenvalue weighted by atomic mass is 16.3. The minimum atomic E-state index is -0.425. The van der Waals surface area contributed by atoms with E-state index in [1.165, 1.54) is 25.7 Å². The van der Waals surface area contributed by atoms with Crippen LogP contribution in [-0.4, -0.2) is 23.2 Å². The molecule has 3 nitrogen and oxygen atoms in total. The Kier molecular flexibility index (Phi) is 4.23. The van der Waals surface area contributed by atoms with Gasteiger partial charge >= 0.3 is 0 Å². The number of rotatable bonds is 3. The van der Waals surface area contributed by atoms with Crippen LogP contribution in [0.1, 0.15) is 51.2 Å². The van der Waals surface area contributed by atoms with Gasteiger partial charge in [0.05, 0.1) is 6.10 Å². The van der Waals surface area contributed by atoms with E-state index in [0.717, 1.165) is 17.3 Å². The van der Waals surface area contributed by atoms with E-state index >= 15 is 0 Å². The first-order valence-electron chi connectivity index (χ1n) is 6.94. The fourth-order valence-corrected chi connectivity index (χ4v) is 2.70. The number of pyridine rings is 1. The highest BCUT2D eigenvalue weighted by Crippen LogP contribution is 2.29. The van der Waals surface area contributed by atoms with E-state index in [1.807, 2.05) is 12.1 Å². The molecule has 1 heterocycles.